The molecule has 1 N–H and O–H groups in total. The van der Waals surface area contributed by atoms with Crippen molar-refractivity contribution in [1.29, 1.82) is 0 Å². The Bertz CT molecular complexity index is 882. The Morgan fingerprint density at radius 3 is 2.52 bits per heavy atom. The second kappa shape index (κ2) is 5.77. The molecule has 1 aromatic carbocycles. The molecular weight excluding hydrogens is 320 g/mol. The lowest BCUT2D eigenvalue weighted by Gasteiger charge is -2.10. The Labute approximate surface area is 133 Å². The predicted molar refractivity (Wildman–Crippen MR) is 85.9 cm³/mol. The van der Waals surface area contributed by atoms with Crippen molar-refractivity contribution in [3.05, 3.63) is 34.6 Å². The van der Waals surface area contributed by atoms with Crippen molar-refractivity contribution in [3.8, 4) is 22.8 Å². The zero-order valence-corrected chi connectivity index (χ0v) is 13.7. The van der Waals surface area contributed by atoms with Crippen molar-refractivity contribution in [1.82, 2.24) is 9.78 Å². The van der Waals surface area contributed by atoms with Gasteiger partial charge in [-0.15, -0.1) is 0 Å². The monoisotopic (exact) mass is 338 g/mol. The molecule has 0 saturated carbocycles. The molecule has 1 aliphatic heterocycles. The summed E-state index contributed by atoms with van der Waals surface area (Å²) in [4.78, 5) is 12.2. The van der Waals surface area contributed by atoms with E-state index in [1.807, 2.05) is 6.07 Å². The summed E-state index contributed by atoms with van der Waals surface area (Å²) in [5, 5.41) is 3.01. The highest BCUT2D eigenvalue weighted by molar-refractivity contribution is 7.91. The SMILES string of the molecule is COc1ccc(-c2cc(=O)n([C@H]3CCS(=O)(=O)C3)[nH]2)cc1OC. The first-order valence-corrected chi connectivity index (χ1v) is 9.00. The van der Waals surface area contributed by atoms with Crippen LogP contribution in [0.2, 0.25) is 0 Å². The number of aromatic nitrogens is 2. The van der Waals surface area contributed by atoms with Gasteiger partial charge in [0.15, 0.2) is 21.3 Å². The summed E-state index contributed by atoms with van der Waals surface area (Å²) in [7, 11) is 0.0409. The van der Waals surface area contributed by atoms with Gasteiger partial charge in [-0.05, 0) is 24.6 Å². The number of hydrogen-bond acceptors (Lipinski definition) is 5. The van der Waals surface area contributed by atoms with Gasteiger partial charge in [0.25, 0.3) is 5.56 Å². The summed E-state index contributed by atoms with van der Waals surface area (Å²) in [5.74, 6) is 1.27. The maximum Gasteiger partial charge on any atom is 0.267 e. The normalized spacial score (nSPS) is 19.7. The van der Waals surface area contributed by atoms with Crippen molar-refractivity contribution in [2.24, 2.45) is 0 Å². The van der Waals surface area contributed by atoms with Crippen LogP contribution in [0.5, 0.6) is 11.5 Å². The number of methoxy groups -OCH3 is 2. The molecule has 0 radical (unpaired) electrons. The first-order valence-electron chi connectivity index (χ1n) is 7.18. The van der Waals surface area contributed by atoms with Crippen LogP contribution in [0.25, 0.3) is 11.3 Å². The molecule has 23 heavy (non-hydrogen) atoms. The topological polar surface area (TPSA) is 90.4 Å². The van der Waals surface area contributed by atoms with E-state index in [0.717, 1.165) is 5.56 Å². The molecule has 0 spiro atoms. The van der Waals surface area contributed by atoms with Gasteiger partial charge >= 0.3 is 0 Å². The van der Waals surface area contributed by atoms with Gasteiger partial charge in [-0.2, -0.15) is 0 Å². The minimum atomic E-state index is -3.05. The second-order valence-corrected chi connectivity index (χ2v) is 7.73. The van der Waals surface area contributed by atoms with Crippen LogP contribution in [0.4, 0.5) is 0 Å². The fourth-order valence-electron chi connectivity index (χ4n) is 2.81. The molecule has 0 unspecified atom stereocenters. The van der Waals surface area contributed by atoms with Gasteiger partial charge in [0.1, 0.15) is 0 Å². The van der Waals surface area contributed by atoms with E-state index in [2.05, 4.69) is 5.10 Å². The lowest BCUT2D eigenvalue weighted by Crippen LogP contribution is -2.22. The summed E-state index contributed by atoms with van der Waals surface area (Å²) >= 11 is 0. The third-order valence-electron chi connectivity index (χ3n) is 4.01. The van der Waals surface area contributed by atoms with Crippen molar-refractivity contribution in [3.63, 3.8) is 0 Å². The van der Waals surface area contributed by atoms with Gasteiger partial charge in [-0.25, -0.2) is 13.1 Å². The van der Waals surface area contributed by atoms with Gasteiger partial charge in [0, 0.05) is 11.6 Å². The van der Waals surface area contributed by atoms with Crippen LogP contribution in [-0.4, -0.2) is 43.9 Å². The van der Waals surface area contributed by atoms with Crippen molar-refractivity contribution >= 4 is 9.84 Å². The fourth-order valence-corrected chi connectivity index (χ4v) is 4.51. The van der Waals surface area contributed by atoms with Gasteiger partial charge in [0.2, 0.25) is 0 Å². The molecule has 1 aliphatic rings. The van der Waals surface area contributed by atoms with Crippen LogP contribution in [0.1, 0.15) is 12.5 Å². The van der Waals surface area contributed by atoms with E-state index in [-0.39, 0.29) is 23.1 Å². The summed E-state index contributed by atoms with van der Waals surface area (Å²) in [6.45, 7) is 0. The molecule has 8 heteroatoms. The fraction of sp³-hybridized carbons (Fsp3) is 0.400. The maximum absolute atomic E-state index is 12.2. The van der Waals surface area contributed by atoms with Crippen LogP contribution < -0.4 is 15.0 Å². The van der Waals surface area contributed by atoms with E-state index >= 15 is 0 Å². The summed E-state index contributed by atoms with van der Waals surface area (Å²) in [6, 6.07) is 6.46. The van der Waals surface area contributed by atoms with Crippen molar-refractivity contribution in [2.75, 3.05) is 25.7 Å². The number of H-pyrrole nitrogens is 1. The standard InChI is InChI=1S/C15H18N2O5S/c1-21-13-4-3-10(7-14(13)22-2)12-8-15(18)17(16-12)11-5-6-23(19,20)9-11/h3-4,7-8,11,16H,5-6,9H2,1-2H3/t11-/m0/s1. The minimum absolute atomic E-state index is 0.00120. The quantitative estimate of drug-likeness (QED) is 0.905. The van der Waals surface area contributed by atoms with Gasteiger partial charge in [0.05, 0.1) is 37.5 Å². The number of aromatic amines is 1. The Hall–Kier alpha value is -2.22. The lowest BCUT2D eigenvalue weighted by molar-refractivity contribution is 0.355. The van der Waals surface area contributed by atoms with Crippen LogP contribution in [-0.2, 0) is 9.84 Å². The van der Waals surface area contributed by atoms with Crippen molar-refractivity contribution in [2.45, 2.75) is 12.5 Å². The van der Waals surface area contributed by atoms with E-state index in [9.17, 15) is 13.2 Å². The largest absolute Gasteiger partial charge is 0.493 e. The molecule has 0 bridgehead atoms. The third kappa shape index (κ3) is 2.98. The Morgan fingerprint density at radius 1 is 1.17 bits per heavy atom. The zero-order chi connectivity index (χ0) is 16.6. The molecule has 1 atom stereocenters. The molecule has 124 valence electrons. The molecule has 7 nitrogen and oxygen atoms in total. The van der Waals surface area contributed by atoms with Crippen molar-refractivity contribution < 1.29 is 17.9 Å². The summed E-state index contributed by atoms with van der Waals surface area (Å²) in [5.41, 5.74) is 1.14. The van der Waals surface area contributed by atoms with E-state index in [1.54, 1.807) is 26.4 Å². The Balaban J connectivity index is 1.97. The van der Waals surface area contributed by atoms with Crippen LogP contribution in [0.3, 0.4) is 0 Å². The van der Waals surface area contributed by atoms with Gasteiger partial charge in [-0.1, -0.05) is 0 Å². The molecular formula is C15H18N2O5S. The smallest absolute Gasteiger partial charge is 0.267 e. The Morgan fingerprint density at radius 2 is 1.91 bits per heavy atom. The van der Waals surface area contributed by atoms with Crippen LogP contribution in [0, 0.1) is 0 Å². The number of sulfone groups is 1. The second-order valence-electron chi connectivity index (χ2n) is 5.50. The third-order valence-corrected chi connectivity index (χ3v) is 5.76. The zero-order valence-electron chi connectivity index (χ0n) is 12.9. The number of rotatable bonds is 4. The van der Waals surface area contributed by atoms with Crippen LogP contribution >= 0.6 is 0 Å². The summed E-state index contributed by atoms with van der Waals surface area (Å²) in [6.07, 6.45) is 0.453. The molecule has 1 saturated heterocycles. The number of nitrogens with one attached hydrogen (secondary N) is 1. The highest BCUT2D eigenvalue weighted by Gasteiger charge is 2.30. The average Bonchev–Trinajstić information content (AvgIpc) is 3.08. The molecule has 2 aromatic rings. The number of hydrogen-bond donors (Lipinski definition) is 1. The first-order chi connectivity index (χ1) is 10.9. The molecule has 3 rings (SSSR count). The lowest BCUT2D eigenvalue weighted by atomic mass is 10.1. The maximum atomic E-state index is 12.2. The van der Waals surface area contributed by atoms with E-state index < -0.39 is 9.84 Å². The molecule has 1 aromatic heterocycles. The highest BCUT2D eigenvalue weighted by atomic mass is 32.2. The molecule has 2 heterocycles. The number of benzene rings is 1. The van der Waals surface area contributed by atoms with E-state index in [4.69, 9.17) is 9.47 Å². The highest BCUT2D eigenvalue weighted by Crippen LogP contribution is 2.31. The van der Waals surface area contributed by atoms with Gasteiger partial charge in [-0.3, -0.25) is 9.89 Å². The van der Waals surface area contributed by atoms with Crippen LogP contribution in [0.15, 0.2) is 29.1 Å². The molecule has 0 amide bonds. The Kier molecular flexibility index (Phi) is 3.93. The first kappa shape index (κ1) is 15.7. The van der Waals surface area contributed by atoms with Gasteiger partial charge < -0.3 is 9.47 Å². The van der Waals surface area contributed by atoms with E-state index in [1.165, 1.54) is 10.7 Å². The number of ether oxygens (including phenoxy) is 2. The molecule has 0 aliphatic carbocycles. The predicted octanol–water partition coefficient (Wildman–Crippen LogP) is 1.22. The molecule has 1 fully saturated rings. The van der Waals surface area contributed by atoms with E-state index in [0.29, 0.717) is 23.6 Å². The summed E-state index contributed by atoms with van der Waals surface area (Å²) < 4.78 is 35.0. The number of nitrogens with zero attached hydrogens (tertiary/aromatic N) is 1. The minimum Gasteiger partial charge on any atom is -0.493 e. The average molecular weight is 338 g/mol.